The Labute approximate surface area is 78.8 Å². The number of rotatable bonds is 0. The van der Waals surface area contributed by atoms with Crippen LogP contribution in [0.25, 0.3) is 0 Å². The molecule has 6 heteroatoms. The van der Waals surface area contributed by atoms with Gasteiger partial charge in [0.15, 0.2) is 0 Å². The molecule has 0 saturated carbocycles. The molecule has 1 rings (SSSR count). The summed E-state index contributed by atoms with van der Waals surface area (Å²) in [5, 5.41) is 9.26. The molecule has 0 radical (unpaired) electrons. The van der Waals surface area contributed by atoms with Crippen molar-refractivity contribution in [2.45, 2.75) is 26.3 Å². The van der Waals surface area contributed by atoms with Gasteiger partial charge in [0, 0.05) is 5.54 Å². The molecule has 0 unspecified atom stereocenters. The van der Waals surface area contributed by atoms with Crippen molar-refractivity contribution in [2.75, 3.05) is 0 Å². The minimum atomic E-state index is -1.35. The third-order valence-corrected chi connectivity index (χ3v) is 1.70. The monoisotopic (exact) mass is 202 g/mol. The van der Waals surface area contributed by atoms with Gasteiger partial charge >= 0.3 is 5.69 Å². The highest BCUT2D eigenvalue weighted by molar-refractivity contribution is 5.11. The van der Waals surface area contributed by atoms with E-state index in [9.17, 15) is 19.1 Å². The smallest absolute Gasteiger partial charge is 0.331 e. The van der Waals surface area contributed by atoms with E-state index >= 15 is 0 Å². The van der Waals surface area contributed by atoms with Crippen molar-refractivity contribution in [3.63, 3.8) is 0 Å². The van der Waals surface area contributed by atoms with E-state index in [2.05, 4.69) is 0 Å². The maximum atomic E-state index is 12.9. The Hall–Kier alpha value is -1.59. The molecule has 0 aromatic carbocycles. The van der Waals surface area contributed by atoms with E-state index in [-0.39, 0.29) is 0 Å². The standard InChI is InChI=1S/C8H11FN2O3/c1-8(2,3)11-6(13)4(9)5(12)10-7(11)14/h13H,1-3H3,(H,10,12,14). The van der Waals surface area contributed by atoms with Crippen LogP contribution < -0.4 is 11.2 Å². The Balaban J connectivity index is 3.70. The molecule has 0 atom stereocenters. The minimum Gasteiger partial charge on any atom is -0.492 e. The third-order valence-electron chi connectivity index (χ3n) is 1.70. The van der Waals surface area contributed by atoms with Crippen LogP contribution in [0.1, 0.15) is 20.8 Å². The molecule has 1 aromatic heterocycles. The van der Waals surface area contributed by atoms with E-state index in [1.54, 1.807) is 25.8 Å². The van der Waals surface area contributed by atoms with Gasteiger partial charge in [-0.05, 0) is 20.8 Å². The van der Waals surface area contributed by atoms with Gasteiger partial charge in [-0.3, -0.25) is 14.3 Å². The summed E-state index contributed by atoms with van der Waals surface area (Å²) in [6, 6.07) is 0. The SMILES string of the molecule is CC(C)(C)n1c(O)c(F)c(=O)[nH]c1=O. The first-order valence-electron chi connectivity index (χ1n) is 3.99. The summed E-state index contributed by atoms with van der Waals surface area (Å²) in [6.07, 6.45) is 0. The molecular formula is C8H11FN2O3. The lowest BCUT2D eigenvalue weighted by atomic mass is 10.1. The van der Waals surface area contributed by atoms with E-state index in [0.29, 0.717) is 0 Å². The average molecular weight is 202 g/mol. The highest BCUT2D eigenvalue weighted by atomic mass is 19.1. The van der Waals surface area contributed by atoms with Crippen molar-refractivity contribution in [1.29, 1.82) is 0 Å². The fraction of sp³-hybridized carbons (Fsp3) is 0.500. The van der Waals surface area contributed by atoms with E-state index in [4.69, 9.17) is 0 Å². The van der Waals surface area contributed by atoms with Crippen LogP contribution in [-0.2, 0) is 5.54 Å². The van der Waals surface area contributed by atoms with Crippen LogP contribution in [0.2, 0.25) is 0 Å². The quantitative estimate of drug-likeness (QED) is 0.628. The molecule has 78 valence electrons. The molecule has 14 heavy (non-hydrogen) atoms. The zero-order valence-electron chi connectivity index (χ0n) is 8.09. The largest absolute Gasteiger partial charge is 0.492 e. The molecule has 0 aliphatic rings. The van der Waals surface area contributed by atoms with Crippen LogP contribution in [0.5, 0.6) is 5.88 Å². The molecule has 2 N–H and O–H groups in total. The summed E-state index contributed by atoms with van der Waals surface area (Å²) in [4.78, 5) is 23.7. The Morgan fingerprint density at radius 2 is 1.86 bits per heavy atom. The first-order valence-corrected chi connectivity index (χ1v) is 3.99. The molecule has 0 saturated heterocycles. The third kappa shape index (κ3) is 1.55. The predicted octanol–water partition coefficient (Wildman–Crippen LogP) is 0.136. The van der Waals surface area contributed by atoms with Gasteiger partial charge in [0.05, 0.1) is 0 Å². The Kier molecular flexibility index (Phi) is 2.22. The molecule has 0 aliphatic carbocycles. The Morgan fingerprint density at radius 1 is 1.36 bits per heavy atom. The van der Waals surface area contributed by atoms with E-state index in [1.807, 2.05) is 0 Å². The molecule has 5 nitrogen and oxygen atoms in total. The minimum absolute atomic E-state index is 0.781. The Morgan fingerprint density at radius 3 is 2.29 bits per heavy atom. The normalized spacial score (nSPS) is 11.7. The number of hydrogen-bond donors (Lipinski definition) is 2. The van der Waals surface area contributed by atoms with Crippen LogP contribution in [0.15, 0.2) is 9.59 Å². The summed E-state index contributed by atoms with van der Waals surface area (Å²) in [7, 11) is 0. The zero-order valence-corrected chi connectivity index (χ0v) is 8.09. The van der Waals surface area contributed by atoms with Crippen molar-refractivity contribution in [2.24, 2.45) is 0 Å². The number of nitrogens with zero attached hydrogens (tertiary/aromatic N) is 1. The molecule has 0 aliphatic heterocycles. The molecule has 0 spiro atoms. The van der Waals surface area contributed by atoms with E-state index in [0.717, 1.165) is 4.57 Å². The van der Waals surface area contributed by atoms with Gasteiger partial charge in [0.25, 0.3) is 5.56 Å². The average Bonchev–Trinajstić information content (AvgIpc) is 1.97. The van der Waals surface area contributed by atoms with Gasteiger partial charge in [-0.2, -0.15) is 4.39 Å². The lowest BCUT2D eigenvalue weighted by Crippen LogP contribution is -2.39. The van der Waals surface area contributed by atoms with Crippen LogP contribution in [0.3, 0.4) is 0 Å². The summed E-state index contributed by atoms with van der Waals surface area (Å²) >= 11 is 0. The van der Waals surface area contributed by atoms with Gasteiger partial charge in [-0.15, -0.1) is 0 Å². The van der Waals surface area contributed by atoms with Crippen LogP contribution >= 0.6 is 0 Å². The van der Waals surface area contributed by atoms with Crippen molar-refractivity contribution in [1.82, 2.24) is 9.55 Å². The molecule has 0 bridgehead atoms. The molecule has 1 aromatic rings. The summed E-state index contributed by atoms with van der Waals surface area (Å²) in [5.74, 6) is -2.29. The second-order valence-corrected chi connectivity index (χ2v) is 3.90. The lowest BCUT2D eigenvalue weighted by Gasteiger charge is -2.22. The summed E-state index contributed by atoms with van der Waals surface area (Å²) < 4.78 is 13.7. The number of H-pyrrole nitrogens is 1. The van der Waals surface area contributed by atoms with Crippen molar-refractivity contribution < 1.29 is 9.50 Å². The van der Waals surface area contributed by atoms with Crippen molar-refractivity contribution in [3.8, 4) is 5.88 Å². The molecule has 0 amide bonds. The second-order valence-electron chi connectivity index (χ2n) is 3.90. The zero-order chi connectivity index (χ0) is 11.1. The predicted molar refractivity (Wildman–Crippen MR) is 47.9 cm³/mol. The number of halogens is 1. The van der Waals surface area contributed by atoms with Gasteiger partial charge in [-0.25, -0.2) is 4.79 Å². The number of nitrogens with one attached hydrogen (secondary N) is 1. The topological polar surface area (TPSA) is 75.1 Å². The number of aromatic amines is 1. The van der Waals surface area contributed by atoms with Crippen LogP contribution in [-0.4, -0.2) is 14.7 Å². The molecular weight excluding hydrogens is 191 g/mol. The van der Waals surface area contributed by atoms with Crippen LogP contribution in [0, 0.1) is 5.82 Å². The highest BCUT2D eigenvalue weighted by Gasteiger charge is 2.22. The molecule has 0 fully saturated rings. The maximum absolute atomic E-state index is 12.9. The summed E-state index contributed by atoms with van der Waals surface area (Å²) in [5.41, 5.74) is -2.85. The fourth-order valence-corrected chi connectivity index (χ4v) is 1.13. The van der Waals surface area contributed by atoms with Crippen molar-refractivity contribution >= 4 is 0 Å². The van der Waals surface area contributed by atoms with E-state index in [1.165, 1.54) is 0 Å². The molecule has 1 heterocycles. The number of hydrogen-bond acceptors (Lipinski definition) is 3. The first kappa shape index (κ1) is 10.5. The second kappa shape index (κ2) is 2.97. The van der Waals surface area contributed by atoms with Gasteiger partial charge in [0.1, 0.15) is 0 Å². The highest BCUT2D eigenvalue weighted by Crippen LogP contribution is 2.18. The van der Waals surface area contributed by atoms with Crippen molar-refractivity contribution in [3.05, 3.63) is 26.7 Å². The fourth-order valence-electron chi connectivity index (χ4n) is 1.13. The number of aromatic hydroxyl groups is 1. The van der Waals surface area contributed by atoms with Gasteiger partial charge < -0.3 is 5.11 Å². The maximum Gasteiger partial charge on any atom is 0.331 e. The van der Waals surface area contributed by atoms with Gasteiger partial charge in [-0.1, -0.05) is 0 Å². The first-order chi connectivity index (χ1) is 6.25. The van der Waals surface area contributed by atoms with Crippen LogP contribution in [0.4, 0.5) is 4.39 Å². The van der Waals surface area contributed by atoms with E-state index < -0.39 is 28.5 Å². The Bertz CT molecular complexity index is 467. The number of aromatic nitrogens is 2. The lowest BCUT2D eigenvalue weighted by molar-refractivity contribution is 0.285. The summed E-state index contributed by atoms with van der Waals surface area (Å²) in [6.45, 7) is 4.81. The van der Waals surface area contributed by atoms with Gasteiger partial charge in [0.2, 0.25) is 11.7 Å².